The summed E-state index contributed by atoms with van der Waals surface area (Å²) < 4.78 is 1.83. The van der Waals surface area contributed by atoms with Crippen molar-refractivity contribution in [3.63, 3.8) is 0 Å². The van der Waals surface area contributed by atoms with Gasteiger partial charge in [0.15, 0.2) is 5.01 Å². The summed E-state index contributed by atoms with van der Waals surface area (Å²) in [6.07, 6.45) is 0. The summed E-state index contributed by atoms with van der Waals surface area (Å²) in [4.78, 5) is 12.8. The van der Waals surface area contributed by atoms with Crippen LogP contribution in [0, 0.1) is 19.8 Å². The molecule has 2 aromatic rings. The Morgan fingerprint density at radius 3 is 2.67 bits per heavy atom. The van der Waals surface area contributed by atoms with Crippen molar-refractivity contribution in [2.24, 2.45) is 5.92 Å². The number of rotatable bonds is 5. The molecule has 0 saturated heterocycles. The SMILES string of the molecule is CCNc1nnc(-c2c(C)cc(C)n(CC(C)C)c2=O)s1. The highest BCUT2D eigenvalue weighted by atomic mass is 32.1. The fourth-order valence-corrected chi connectivity index (χ4v) is 3.24. The molecule has 0 bridgehead atoms. The zero-order valence-electron chi connectivity index (χ0n) is 13.2. The smallest absolute Gasteiger partial charge is 0.261 e. The molecular formula is C15H22N4OS. The molecule has 0 aliphatic rings. The van der Waals surface area contributed by atoms with E-state index in [9.17, 15) is 4.79 Å². The van der Waals surface area contributed by atoms with E-state index in [1.54, 1.807) is 0 Å². The number of pyridine rings is 1. The van der Waals surface area contributed by atoms with Crippen molar-refractivity contribution in [3.05, 3.63) is 27.7 Å². The number of aromatic nitrogens is 3. The van der Waals surface area contributed by atoms with E-state index in [-0.39, 0.29) is 5.56 Å². The van der Waals surface area contributed by atoms with Gasteiger partial charge in [0, 0.05) is 18.8 Å². The number of hydrogen-bond acceptors (Lipinski definition) is 5. The number of nitrogens with one attached hydrogen (secondary N) is 1. The third-order valence-corrected chi connectivity index (χ3v) is 4.12. The molecule has 0 atom stereocenters. The van der Waals surface area contributed by atoms with Crippen LogP contribution in [0.25, 0.3) is 10.6 Å². The second-order valence-corrected chi connectivity index (χ2v) is 6.57. The van der Waals surface area contributed by atoms with Gasteiger partial charge in [-0.05, 0) is 38.3 Å². The van der Waals surface area contributed by atoms with Crippen molar-refractivity contribution in [2.45, 2.75) is 41.2 Å². The average molecular weight is 306 g/mol. The molecule has 0 fully saturated rings. The minimum Gasteiger partial charge on any atom is -0.360 e. The van der Waals surface area contributed by atoms with Crippen molar-refractivity contribution in [1.29, 1.82) is 0 Å². The molecule has 2 aromatic heterocycles. The number of nitrogens with zero attached hydrogens (tertiary/aromatic N) is 3. The van der Waals surface area contributed by atoms with E-state index >= 15 is 0 Å². The fraction of sp³-hybridized carbons (Fsp3) is 0.533. The molecule has 6 heteroatoms. The van der Waals surface area contributed by atoms with E-state index in [1.807, 2.05) is 31.4 Å². The highest BCUT2D eigenvalue weighted by molar-refractivity contribution is 7.18. The summed E-state index contributed by atoms with van der Waals surface area (Å²) in [6, 6.07) is 2.05. The van der Waals surface area contributed by atoms with E-state index in [0.29, 0.717) is 16.5 Å². The van der Waals surface area contributed by atoms with Gasteiger partial charge in [-0.2, -0.15) is 0 Å². The first-order valence-electron chi connectivity index (χ1n) is 7.22. The highest BCUT2D eigenvalue weighted by Crippen LogP contribution is 2.26. The minimum absolute atomic E-state index is 0.0281. The van der Waals surface area contributed by atoms with Gasteiger partial charge >= 0.3 is 0 Å². The second-order valence-electron chi connectivity index (χ2n) is 5.60. The van der Waals surface area contributed by atoms with Gasteiger partial charge in [0.2, 0.25) is 5.13 Å². The molecule has 1 N–H and O–H groups in total. The van der Waals surface area contributed by atoms with Gasteiger partial charge < -0.3 is 9.88 Å². The molecule has 0 unspecified atom stereocenters. The quantitative estimate of drug-likeness (QED) is 0.922. The lowest BCUT2D eigenvalue weighted by Gasteiger charge is -2.15. The Labute approximate surface area is 129 Å². The molecule has 0 saturated carbocycles. The summed E-state index contributed by atoms with van der Waals surface area (Å²) in [7, 11) is 0. The van der Waals surface area contributed by atoms with E-state index < -0.39 is 0 Å². The Balaban J connectivity index is 2.54. The molecular weight excluding hydrogens is 284 g/mol. The third-order valence-electron chi connectivity index (χ3n) is 3.22. The Bertz CT molecular complexity index is 687. The van der Waals surface area contributed by atoms with E-state index in [0.717, 1.165) is 29.5 Å². The lowest BCUT2D eigenvalue weighted by molar-refractivity contribution is 0.502. The van der Waals surface area contributed by atoms with Gasteiger partial charge in [-0.1, -0.05) is 25.2 Å². The zero-order chi connectivity index (χ0) is 15.6. The van der Waals surface area contributed by atoms with Crippen LogP contribution in [0.2, 0.25) is 0 Å². The van der Waals surface area contributed by atoms with E-state index in [4.69, 9.17) is 0 Å². The predicted octanol–water partition coefficient (Wildman–Crippen LogP) is 3.07. The predicted molar refractivity (Wildman–Crippen MR) is 88.1 cm³/mol. The highest BCUT2D eigenvalue weighted by Gasteiger charge is 2.17. The Morgan fingerprint density at radius 2 is 2.05 bits per heavy atom. The monoisotopic (exact) mass is 306 g/mol. The van der Waals surface area contributed by atoms with Crippen LogP contribution in [-0.2, 0) is 6.54 Å². The molecule has 114 valence electrons. The van der Waals surface area contributed by atoms with Crippen LogP contribution >= 0.6 is 11.3 Å². The topological polar surface area (TPSA) is 59.8 Å². The molecule has 0 aliphatic carbocycles. The Morgan fingerprint density at radius 1 is 1.33 bits per heavy atom. The number of aryl methyl sites for hydroxylation is 2. The normalized spacial score (nSPS) is 11.1. The maximum absolute atomic E-state index is 12.8. The Kier molecular flexibility index (Phi) is 4.77. The van der Waals surface area contributed by atoms with Crippen LogP contribution < -0.4 is 10.9 Å². The zero-order valence-corrected chi connectivity index (χ0v) is 14.0. The van der Waals surface area contributed by atoms with Gasteiger partial charge in [-0.25, -0.2) is 0 Å². The molecule has 0 aromatic carbocycles. The maximum atomic E-state index is 12.8. The summed E-state index contributed by atoms with van der Waals surface area (Å²) >= 11 is 1.43. The Hall–Kier alpha value is -1.69. The molecule has 2 rings (SSSR count). The average Bonchev–Trinajstić information content (AvgIpc) is 2.83. The molecule has 5 nitrogen and oxygen atoms in total. The van der Waals surface area contributed by atoms with Gasteiger partial charge in [-0.15, -0.1) is 10.2 Å². The van der Waals surface area contributed by atoms with Gasteiger partial charge in [-0.3, -0.25) is 4.79 Å². The largest absolute Gasteiger partial charge is 0.360 e. The van der Waals surface area contributed by atoms with Crippen molar-refractivity contribution >= 4 is 16.5 Å². The maximum Gasteiger partial charge on any atom is 0.261 e. The van der Waals surface area contributed by atoms with Gasteiger partial charge in [0.1, 0.15) is 0 Å². The second kappa shape index (κ2) is 6.39. The first kappa shape index (κ1) is 15.7. The van der Waals surface area contributed by atoms with Crippen molar-refractivity contribution < 1.29 is 0 Å². The first-order chi connectivity index (χ1) is 9.93. The van der Waals surface area contributed by atoms with Crippen LogP contribution in [0.4, 0.5) is 5.13 Å². The van der Waals surface area contributed by atoms with Gasteiger partial charge in [0.25, 0.3) is 5.56 Å². The summed E-state index contributed by atoms with van der Waals surface area (Å²) in [6.45, 7) is 11.7. The molecule has 2 heterocycles. The number of hydrogen-bond donors (Lipinski definition) is 1. The molecule has 0 amide bonds. The van der Waals surface area contributed by atoms with Crippen LogP contribution in [0.3, 0.4) is 0 Å². The van der Waals surface area contributed by atoms with Crippen molar-refractivity contribution in [1.82, 2.24) is 14.8 Å². The number of anilines is 1. The fourth-order valence-electron chi connectivity index (χ4n) is 2.33. The van der Waals surface area contributed by atoms with Crippen LogP contribution in [0.15, 0.2) is 10.9 Å². The standard InChI is InChI=1S/C15H22N4OS/c1-6-16-15-18-17-13(21-15)12-10(4)7-11(5)19(14(12)20)8-9(2)3/h7,9H,6,8H2,1-5H3,(H,16,18). The van der Waals surface area contributed by atoms with Crippen molar-refractivity contribution in [3.8, 4) is 10.6 Å². The van der Waals surface area contributed by atoms with Crippen LogP contribution in [0.1, 0.15) is 32.0 Å². The molecule has 0 radical (unpaired) electrons. The van der Waals surface area contributed by atoms with Crippen molar-refractivity contribution in [2.75, 3.05) is 11.9 Å². The molecule has 0 spiro atoms. The molecule has 0 aliphatic heterocycles. The molecule has 21 heavy (non-hydrogen) atoms. The minimum atomic E-state index is 0.0281. The lowest BCUT2D eigenvalue weighted by Crippen LogP contribution is -2.26. The van der Waals surface area contributed by atoms with E-state index in [2.05, 4.69) is 29.4 Å². The lowest BCUT2D eigenvalue weighted by atomic mass is 10.1. The summed E-state index contributed by atoms with van der Waals surface area (Å²) in [5.41, 5.74) is 2.64. The summed E-state index contributed by atoms with van der Waals surface area (Å²) in [5, 5.41) is 12.8. The van der Waals surface area contributed by atoms with Gasteiger partial charge in [0.05, 0.1) is 5.56 Å². The van der Waals surface area contributed by atoms with Crippen LogP contribution in [0.5, 0.6) is 0 Å². The van der Waals surface area contributed by atoms with E-state index in [1.165, 1.54) is 11.3 Å². The first-order valence-corrected chi connectivity index (χ1v) is 8.04. The third kappa shape index (κ3) is 3.32. The van der Waals surface area contributed by atoms with Crippen LogP contribution in [-0.4, -0.2) is 21.3 Å². The summed E-state index contributed by atoms with van der Waals surface area (Å²) in [5.74, 6) is 0.420.